The van der Waals surface area contributed by atoms with E-state index in [1.54, 1.807) is 49.4 Å². The lowest BCUT2D eigenvalue weighted by molar-refractivity contribution is -0.128. The van der Waals surface area contributed by atoms with Crippen LogP contribution in [0.1, 0.15) is 34.6 Å². The van der Waals surface area contributed by atoms with Gasteiger partial charge in [-0.15, -0.1) is 0 Å². The van der Waals surface area contributed by atoms with Gasteiger partial charge in [-0.2, -0.15) is 0 Å². The van der Waals surface area contributed by atoms with E-state index in [0.29, 0.717) is 22.8 Å². The molecule has 2 aromatic rings. The van der Waals surface area contributed by atoms with Gasteiger partial charge in [-0.25, -0.2) is 4.79 Å². The summed E-state index contributed by atoms with van der Waals surface area (Å²) in [6.07, 6.45) is -0.942. The van der Waals surface area contributed by atoms with Gasteiger partial charge < -0.3 is 15.4 Å². The van der Waals surface area contributed by atoms with Crippen molar-refractivity contribution in [3.8, 4) is 0 Å². The predicted octanol–water partition coefficient (Wildman–Crippen LogP) is 3.27. The molecule has 2 aromatic carbocycles. The molecule has 2 amide bonds. The van der Waals surface area contributed by atoms with Crippen LogP contribution in [0, 0.1) is 0 Å². The highest BCUT2D eigenvalue weighted by Crippen LogP contribution is 2.19. The monoisotopic (exact) mass is 374 g/mol. The van der Waals surface area contributed by atoms with E-state index < -0.39 is 18.0 Å². The number of benzene rings is 2. The van der Waals surface area contributed by atoms with Crippen molar-refractivity contribution < 1.29 is 19.1 Å². The lowest BCUT2D eigenvalue weighted by atomic mass is 10.1. The number of nitrogens with one attached hydrogen (secondary N) is 2. The van der Waals surface area contributed by atoms with Crippen LogP contribution in [0.3, 0.4) is 0 Å². The maximum atomic E-state index is 12.4. The van der Waals surface area contributed by atoms with Crippen molar-refractivity contribution in [2.75, 3.05) is 11.9 Å². The Kier molecular flexibility index (Phi) is 6.74. The van der Waals surface area contributed by atoms with Crippen LogP contribution in [0.4, 0.5) is 5.69 Å². The van der Waals surface area contributed by atoms with Crippen LogP contribution >= 0.6 is 11.6 Å². The van der Waals surface area contributed by atoms with Crippen molar-refractivity contribution in [2.24, 2.45) is 0 Å². The fraction of sp³-hybridized carbons (Fsp3) is 0.211. The molecule has 0 aliphatic rings. The summed E-state index contributed by atoms with van der Waals surface area (Å²) in [5, 5.41) is 5.77. The molecule has 0 aliphatic heterocycles. The highest BCUT2D eigenvalue weighted by atomic mass is 35.5. The molecule has 1 atom stereocenters. The number of rotatable bonds is 6. The molecule has 136 valence electrons. The number of carbonyl (C=O) groups is 3. The van der Waals surface area contributed by atoms with Crippen LogP contribution in [0.5, 0.6) is 0 Å². The van der Waals surface area contributed by atoms with Crippen LogP contribution in [0.25, 0.3) is 0 Å². The molecule has 0 fully saturated rings. The van der Waals surface area contributed by atoms with Crippen LogP contribution in [0.2, 0.25) is 5.02 Å². The van der Waals surface area contributed by atoms with Crippen molar-refractivity contribution >= 4 is 35.1 Å². The predicted molar refractivity (Wildman–Crippen MR) is 99.4 cm³/mol. The number of anilines is 1. The van der Waals surface area contributed by atoms with Crippen molar-refractivity contribution in [1.29, 1.82) is 0 Å². The molecular formula is C19H19ClN2O4. The Balaban J connectivity index is 2.14. The second kappa shape index (κ2) is 9.01. The smallest absolute Gasteiger partial charge is 0.341 e. The number of ether oxygens (including phenoxy) is 1. The summed E-state index contributed by atoms with van der Waals surface area (Å²) in [5.74, 6) is -1.47. The first-order chi connectivity index (χ1) is 12.4. The van der Waals surface area contributed by atoms with Gasteiger partial charge in [0.25, 0.3) is 11.8 Å². The molecule has 6 nitrogen and oxygen atoms in total. The number of halogens is 1. The number of likely N-dealkylation sites (N-methyl/N-ethyl adjacent to an activating group) is 1. The Labute approximate surface area is 156 Å². The molecule has 0 aliphatic carbocycles. The highest BCUT2D eigenvalue weighted by molar-refractivity contribution is 6.30. The van der Waals surface area contributed by atoms with Gasteiger partial charge in [-0.05, 0) is 50.2 Å². The molecule has 0 radical (unpaired) electrons. The van der Waals surface area contributed by atoms with Crippen LogP contribution < -0.4 is 10.6 Å². The minimum Gasteiger partial charge on any atom is -0.449 e. The lowest BCUT2D eigenvalue weighted by Crippen LogP contribution is -2.35. The number of amides is 2. The van der Waals surface area contributed by atoms with Crippen molar-refractivity contribution in [3.63, 3.8) is 0 Å². The second-order valence-electron chi connectivity index (χ2n) is 5.45. The van der Waals surface area contributed by atoms with Gasteiger partial charge in [-0.3, -0.25) is 9.59 Å². The van der Waals surface area contributed by atoms with E-state index in [9.17, 15) is 14.4 Å². The Hall–Kier alpha value is -2.86. The van der Waals surface area contributed by atoms with Gasteiger partial charge in [-0.1, -0.05) is 23.7 Å². The zero-order valence-corrected chi connectivity index (χ0v) is 15.2. The summed E-state index contributed by atoms with van der Waals surface area (Å²) in [4.78, 5) is 36.4. The summed E-state index contributed by atoms with van der Waals surface area (Å²) in [7, 11) is 0. The highest BCUT2D eigenvalue weighted by Gasteiger charge is 2.21. The maximum Gasteiger partial charge on any atom is 0.341 e. The van der Waals surface area contributed by atoms with Crippen LogP contribution in [-0.4, -0.2) is 30.4 Å². The molecule has 2 N–H and O–H groups in total. The number of hydrogen-bond donors (Lipinski definition) is 2. The fourth-order valence-electron chi connectivity index (χ4n) is 2.16. The fourth-order valence-corrected chi connectivity index (χ4v) is 2.29. The topological polar surface area (TPSA) is 84.5 Å². The van der Waals surface area contributed by atoms with E-state index in [1.165, 1.54) is 13.0 Å². The SMILES string of the molecule is CCNC(=O)[C@@H](C)OC(=O)c1ccccc1NC(=O)c1ccc(Cl)cc1. The number of carbonyl (C=O) groups excluding carboxylic acids is 3. The average molecular weight is 375 g/mol. The Bertz CT molecular complexity index is 805. The van der Waals surface area contributed by atoms with Gasteiger partial charge in [0.2, 0.25) is 0 Å². The molecule has 2 rings (SSSR count). The summed E-state index contributed by atoms with van der Waals surface area (Å²) in [6, 6.07) is 12.8. The van der Waals surface area contributed by atoms with E-state index >= 15 is 0 Å². The number of hydrogen-bond acceptors (Lipinski definition) is 4. The molecule has 0 saturated heterocycles. The minimum absolute atomic E-state index is 0.158. The molecule has 0 saturated carbocycles. The van der Waals surface area contributed by atoms with Crippen molar-refractivity contribution in [1.82, 2.24) is 5.32 Å². The van der Waals surface area contributed by atoms with Crippen LogP contribution in [0.15, 0.2) is 48.5 Å². The zero-order chi connectivity index (χ0) is 19.1. The van der Waals surface area contributed by atoms with Gasteiger partial charge in [0.05, 0.1) is 11.3 Å². The molecule has 26 heavy (non-hydrogen) atoms. The Morgan fingerprint density at radius 1 is 1.08 bits per heavy atom. The van der Waals surface area contributed by atoms with Gasteiger partial charge in [0, 0.05) is 17.1 Å². The normalized spacial score (nSPS) is 11.3. The summed E-state index contributed by atoms with van der Waals surface area (Å²) in [5.41, 5.74) is 0.847. The minimum atomic E-state index is -0.942. The van der Waals surface area contributed by atoms with E-state index in [4.69, 9.17) is 16.3 Å². The summed E-state index contributed by atoms with van der Waals surface area (Å²) in [6.45, 7) is 3.69. The lowest BCUT2D eigenvalue weighted by Gasteiger charge is -2.15. The number of para-hydroxylation sites is 1. The molecule has 7 heteroatoms. The standard InChI is InChI=1S/C19H19ClN2O4/c1-3-21-17(23)12(2)26-19(25)15-6-4-5-7-16(15)22-18(24)13-8-10-14(20)11-9-13/h4-12H,3H2,1-2H3,(H,21,23)(H,22,24)/t12-/m1/s1. The van der Waals surface area contributed by atoms with Gasteiger partial charge >= 0.3 is 5.97 Å². The van der Waals surface area contributed by atoms with E-state index in [0.717, 1.165) is 0 Å². The Morgan fingerprint density at radius 2 is 1.73 bits per heavy atom. The number of esters is 1. The van der Waals surface area contributed by atoms with E-state index in [1.807, 2.05) is 0 Å². The zero-order valence-electron chi connectivity index (χ0n) is 14.4. The first-order valence-electron chi connectivity index (χ1n) is 8.07. The van der Waals surface area contributed by atoms with E-state index in [-0.39, 0.29) is 11.5 Å². The van der Waals surface area contributed by atoms with Gasteiger partial charge in [0.15, 0.2) is 6.10 Å². The second-order valence-corrected chi connectivity index (χ2v) is 5.89. The summed E-state index contributed by atoms with van der Waals surface area (Å²) < 4.78 is 5.17. The first-order valence-corrected chi connectivity index (χ1v) is 8.44. The Morgan fingerprint density at radius 3 is 2.38 bits per heavy atom. The van der Waals surface area contributed by atoms with Crippen molar-refractivity contribution in [2.45, 2.75) is 20.0 Å². The first kappa shape index (κ1) is 19.5. The molecule has 0 bridgehead atoms. The third-order valence-corrected chi connectivity index (χ3v) is 3.76. The maximum absolute atomic E-state index is 12.4. The molecule has 0 aromatic heterocycles. The van der Waals surface area contributed by atoms with E-state index in [2.05, 4.69) is 10.6 Å². The summed E-state index contributed by atoms with van der Waals surface area (Å²) >= 11 is 5.81. The molecular weight excluding hydrogens is 356 g/mol. The largest absolute Gasteiger partial charge is 0.449 e. The van der Waals surface area contributed by atoms with Gasteiger partial charge in [0.1, 0.15) is 0 Å². The average Bonchev–Trinajstić information content (AvgIpc) is 2.62. The third kappa shape index (κ3) is 5.07. The molecule has 0 spiro atoms. The third-order valence-electron chi connectivity index (χ3n) is 3.51. The molecule has 0 unspecified atom stereocenters. The molecule has 0 heterocycles. The van der Waals surface area contributed by atoms with Crippen molar-refractivity contribution in [3.05, 3.63) is 64.7 Å². The quantitative estimate of drug-likeness (QED) is 0.760. The van der Waals surface area contributed by atoms with Crippen LogP contribution in [-0.2, 0) is 9.53 Å².